The van der Waals surface area contributed by atoms with Gasteiger partial charge >= 0.3 is 5.97 Å². The molecular formula is C32H28FN5O3. The number of aromatic nitrogens is 4. The molecule has 0 unspecified atom stereocenters. The van der Waals surface area contributed by atoms with E-state index in [1.807, 2.05) is 60.7 Å². The van der Waals surface area contributed by atoms with Crippen LogP contribution in [0.25, 0.3) is 34.0 Å². The third-order valence-corrected chi connectivity index (χ3v) is 6.96. The van der Waals surface area contributed by atoms with Gasteiger partial charge in [-0.3, -0.25) is 4.79 Å². The number of nitrogens with one attached hydrogen (secondary N) is 1. The first kappa shape index (κ1) is 26.3. The predicted molar refractivity (Wildman–Crippen MR) is 154 cm³/mol. The lowest BCUT2D eigenvalue weighted by molar-refractivity contribution is -0.160. The Hall–Kier alpha value is -4.89. The van der Waals surface area contributed by atoms with E-state index in [9.17, 15) is 14.3 Å². The van der Waals surface area contributed by atoms with Crippen LogP contribution in [0.3, 0.4) is 0 Å². The molecule has 0 amide bonds. The lowest BCUT2D eigenvalue weighted by Crippen LogP contribution is -2.33. The van der Waals surface area contributed by atoms with Crippen LogP contribution in [-0.2, 0) is 16.1 Å². The van der Waals surface area contributed by atoms with Crippen LogP contribution < -0.4 is 5.32 Å². The molecule has 0 spiro atoms. The van der Waals surface area contributed by atoms with E-state index in [1.165, 1.54) is 12.1 Å². The van der Waals surface area contributed by atoms with E-state index < -0.39 is 18.2 Å². The number of hydrogen-bond acceptors (Lipinski definition) is 7. The summed E-state index contributed by atoms with van der Waals surface area (Å²) >= 11 is 0. The Morgan fingerprint density at radius 2 is 1.66 bits per heavy atom. The van der Waals surface area contributed by atoms with Gasteiger partial charge in [0.15, 0.2) is 0 Å². The molecule has 3 aromatic carbocycles. The highest BCUT2D eigenvalue weighted by Crippen LogP contribution is 2.37. The van der Waals surface area contributed by atoms with Crippen LogP contribution in [0.2, 0.25) is 0 Å². The smallest absolute Gasteiger partial charge is 0.308 e. The molecule has 8 nitrogen and oxygen atoms in total. The van der Waals surface area contributed by atoms with E-state index in [0.29, 0.717) is 42.5 Å². The molecule has 2 N–H and O–H groups in total. The molecule has 0 aliphatic carbocycles. The van der Waals surface area contributed by atoms with Crippen LogP contribution in [0.1, 0.15) is 19.3 Å². The fourth-order valence-electron chi connectivity index (χ4n) is 5.07. The Morgan fingerprint density at radius 1 is 0.927 bits per heavy atom. The van der Waals surface area contributed by atoms with E-state index in [2.05, 4.69) is 14.9 Å². The quantitative estimate of drug-likeness (QED) is 0.229. The van der Waals surface area contributed by atoms with E-state index in [4.69, 9.17) is 14.7 Å². The van der Waals surface area contributed by atoms with E-state index in [1.54, 1.807) is 24.4 Å². The fraction of sp³-hybridized carbons (Fsp3) is 0.188. The number of benzene rings is 3. The first-order valence-corrected chi connectivity index (χ1v) is 13.5. The average Bonchev–Trinajstić information content (AvgIpc) is 3.37. The van der Waals surface area contributed by atoms with E-state index in [0.717, 1.165) is 22.5 Å². The summed E-state index contributed by atoms with van der Waals surface area (Å²) in [7, 11) is 0. The highest BCUT2D eigenvalue weighted by Gasteiger charge is 2.29. The molecule has 1 aliphatic heterocycles. The van der Waals surface area contributed by atoms with E-state index >= 15 is 0 Å². The number of rotatable bonds is 8. The summed E-state index contributed by atoms with van der Waals surface area (Å²) in [6, 6.07) is 27.5. The Morgan fingerprint density at radius 3 is 2.39 bits per heavy atom. The number of imidazole rings is 1. The van der Waals surface area contributed by atoms with Gasteiger partial charge in [-0.05, 0) is 42.5 Å². The number of carbonyl (C=O) groups is 1. The second kappa shape index (κ2) is 11.7. The molecule has 2 aromatic heterocycles. The zero-order valence-electron chi connectivity index (χ0n) is 22.2. The van der Waals surface area contributed by atoms with Gasteiger partial charge in [-0.15, -0.1) is 0 Å². The van der Waals surface area contributed by atoms with Gasteiger partial charge in [-0.2, -0.15) is 0 Å². The second-order valence-electron chi connectivity index (χ2n) is 9.91. The third kappa shape index (κ3) is 6.00. The molecule has 9 heteroatoms. The zero-order chi connectivity index (χ0) is 28.2. The van der Waals surface area contributed by atoms with Gasteiger partial charge in [0, 0.05) is 42.4 Å². The number of aliphatic hydroxyl groups is 1. The number of para-hydroxylation sites is 1. The largest absolute Gasteiger partial charge is 0.462 e. The molecule has 41 heavy (non-hydrogen) atoms. The van der Waals surface area contributed by atoms with Crippen LogP contribution in [0, 0.1) is 5.82 Å². The van der Waals surface area contributed by atoms with Crippen molar-refractivity contribution in [3.8, 4) is 34.0 Å². The molecule has 206 valence electrons. The van der Waals surface area contributed by atoms with Crippen molar-refractivity contribution in [3.63, 3.8) is 0 Å². The molecular weight excluding hydrogens is 521 g/mol. The van der Waals surface area contributed by atoms with Crippen LogP contribution in [0.15, 0.2) is 97.2 Å². The van der Waals surface area contributed by atoms with Crippen molar-refractivity contribution in [2.75, 3.05) is 5.32 Å². The predicted octanol–water partition coefficient (Wildman–Crippen LogP) is 6.01. The second-order valence-corrected chi connectivity index (χ2v) is 9.91. The van der Waals surface area contributed by atoms with Crippen molar-refractivity contribution in [2.45, 2.75) is 38.0 Å². The Labute approximate surface area is 236 Å². The minimum Gasteiger partial charge on any atom is -0.462 e. The normalized spacial score (nSPS) is 16.8. The van der Waals surface area contributed by atoms with Crippen molar-refractivity contribution in [3.05, 3.63) is 103 Å². The number of carbonyl (C=O) groups excluding carboxylic acids is 1. The average molecular weight is 550 g/mol. The number of hydrogen-bond donors (Lipinski definition) is 2. The summed E-state index contributed by atoms with van der Waals surface area (Å²) in [5.41, 5.74) is 4.44. The Balaban J connectivity index is 1.47. The first-order chi connectivity index (χ1) is 20.0. The van der Waals surface area contributed by atoms with Gasteiger partial charge < -0.3 is 19.7 Å². The first-order valence-electron chi connectivity index (χ1n) is 13.5. The summed E-state index contributed by atoms with van der Waals surface area (Å²) in [5, 5.41) is 13.4. The highest BCUT2D eigenvalue weighted by atomic mass is 19.1. The Kier molecular flexibility index (Phi) is 7.51. The number of halogens is 1. The van der Waals surface area contributed by atoms with Gasteiger partial charge in [-0.1, -0.05) is 48.5 Å². The van der Waals surface area contributed by atoms with Crippen LogP contribution in [0.4, 0.5) is 16.0 Å². The molecule has 0 saturated carbocycles. The van der Waals surface area contributed by atoms with Gasteiger partial charge in [-0.25, -0.2) is 19.3 Å². The summed E-state index contributed by atoms with van der Waals surface area (Å²) < 4.78 is 21.6. The molecule has 1 saturated heterocycles. The summed E-state index contributed by atoms with van der Waals surface area (Å²) in [6.07, 6.45) is 1.38. The molecule has 0 radical (unpaired) electrons. The number of ether oxygens (including phenoxy) is 1. The number of anilines is 2. The van der Waals surface area contributed by atoms with Gasteiger partial charge in [0.25, 0.3) is 0 Å². The molecule has 2 atom stereocenters. The fourth-order valence-corrected chi connectivity index (χ4v) is 5.07. The maximum atomic E-state index is 14.0. The lowest BCUT2D eigenvalue weighted by Gasteiger charge is -2.26. The van der Waals surface area contributed by atoms with Crippen molar-refractivity contribution in [1.82, 2.24) is 19.5 Å². The molecule has 3 heterocycles. The lowest BCUT2D eigenvalue weighted by atomic mass is 10.0. The topological polar surface area (TPSA) is 102 Å². The summed E-state index contributed by atoms with van der Waals surface area (Å²) in [5.74, 6) is 0.363. The summed E-state index contributed by atoms with van der Waals surface area (Å²) in [6.45, 7) is 0.439. The van der Waals surface area contributed by atoms with Gasteiger partial charge in [0.05, 0.1) is 23.9 Å². The van der Waals surface area contributed by atoms with Gasteiger partial charge in [0.2, 0.25) is 5.95 Å². The summed E-state index contributed by atoms with van der Waals surface area (Å²) in [4.78, 5) is 26.3. The zero-order valence-corrected chi connectivity index (χ0v) is 22.2. The number of cyclic esters (lactones) is 1. The van der Waals surface area contributed by atoms with Crippen LogP contribution in [-0.4, -0.2) is 42.8 Å². The van der Waals surface area contributed by atoms with Crippen molar-refractivity contribution in [1.29, 1.82) is 0 Å². The maximum absolute atomic E-state index is 14.0. The number of nitrogens with zero attached hydrogens (tertiary/aromatic N) is 4. The third-order valence-electron chi connectivity index (χ3n) is 6.96. The molecule has 1 fully saturated rings. The van der Waals surface area contributed by atoms with Crippen LogP contribution in [0.5, 0.6) is 0 Å². The number of esters is 1. The monoisotopic (exact) mass is 549 g/mol. The van der Waals surface area contributed by atoms with Crippen molar-refractivity contribution >= 4 is 17.6 Å². The molecule has 0 bridgehead atoms. The van der Waals surface area contributed by atoms with E-state index in [-0.39, 0.29) is 12.2 Å². The highest BCUT2D eigenvalue weighted by molar-refractivity contribution is 5.81. The van der Waals surface area contributed by atoms with Crippen molar-refractivity contribution in [2.24, 2.45) is 0 Å². The van der Waals surface area contributed by atoms with Gasteiger partial charge in [0.1, 0.15) is 23.4 Å². The minimum atomic E-state index is -0.721. The molecule has 1 aliphatic rings. The maximum Gasteiger partial charge on any atom is 0.308 e. The molecule has 5 aromatic rings. The number of aliphatic hydroxyl groups excluding tert-OH is 1. The SMILES string of the molecule is O=C1C[C@H](O)C[C@@H](CCn2c(-c3ccccc3)nc(-c3ccnc(Nc4ccccc4)n3)c2-c2ccc(F)cc2)O1. The van der Waals surface area contributed by atoms with Crippen LogP contribution >= 0.6 is 0 Å². The molecule has 6 rings (SSSR count). The minimum absolute atomic E-state index is 0.00881. The standard InChI is InChI=1S/C32H28FN5O3/c33-23-13-11-21(12-14-23)30-29(27-15-17-34-32(36-27)35-24-9-5-2-6-10-24)37-31(22-7-3-1-4-8-22)38(30)18-16-26-19-25(39)20-28(40)41-26/h1-15,17,25-26,39H,16,18-20H2,(H,34,35,36)/t25-,26-/m1/s1. The Bertz CT molecular complexity index is 1640. The van der Waals surface area contributed by atoms with Crippen molar-refractivity contribution < 1.29 is 19.0 Å².